The first kappa shape index (κ1) is 19.3. The van der Waals surface area contributed by atoms with Crippen molar-refractivity contribution in [2.45, 2.75) is 38.7 Å². The lowest BCUT2D eigenvalue weighted by atomic mass is 10.4. The summed E-state index contributed by atoms with van der Waals surface area (Å²) in [6.07, 6.45) is 1.17. The molecule has 0 aliphatic heterocycles. The maximum absolute atomic E-state index is 5.55. The molecule has 0 spiro atoms. The molecule has 4 nitrogen and oxygen atoms in total. The second-order valence-electron chi connectivity index (χ2n) is 6.61. The Kier molecular flexibility index (Phi) is 8.66. The number of hydrogen-bond donors (Lipinski definition) is 0. The molecule has 0 amide bonds. The summed E-state index contributed by atoms with van der Waals surface area (Å²) in [5.41, 5.74) is 0. The van der Waals surface area contributed by atoms with Crippen molar-refractivity contribution >= 4 is 16.8 Å². The average molecular weight is 307 g/mol. The van der Waals surface area contributed by atoms with Crippen LogP contribution in [0.5, 0.6) is 0 Å². The molecule has 0 aliphatic carbocycles. The van der Waals surface area contributed by atoms with Crippen LogP contribution in [0.25, 0.3) is 0 Å². The summed E-state index contributed by atoms with van der Waals surface area (Å²) in [5, 5.41) is 0. The van der Waals surface area contributed by atoms with E-state index in [9.17, 15) is 0 Å². The predicted molar refractivity (Wildman–Crippen MR) is 88.5 cm³/mol. The van der Waals surface area contributed by atoms with Gasteiger partial charge in [-0.25, -0.2) is 0 Å². The first-order valence-corrected chi connectivity index (χ1v) is 13.1. The normalized spacial score (nSPS) is 13.6. The minimum absolute atomic E-state index is 1.07. The number of likely N-dealkylation sites (N-methyl/N-ethyl adjacent to an activating group) is 1. The standard InChI is InChI=1S/C13H34N2O2Si2/c1-14(2)11-12-15(18(5,6)7)10-9-13-19(8,16-3)17-4/h9-13H2,1-8H3. The highest BCUT2D eigenvalue weighted by Gasteiger charge is 2.29. The van der Waals surface area contributed by atoms with E-state index in [1.54, 1.807) is 14.2 Å². The van der Waals surface area contributed by atoms with E-state index in [2.05, 4.69) is 49.7 Å². The van der Waals surface area contributed by atoms with Gasteiger partial charge in [-0.1, -0.05) is 19.6 Å². The van der Waals surface area contributed by atoms with E-state index >= 15 is 0 Å². The molecule has 116 valence electrons. The number of nitrogens with zero attached hydrogens (tertiary/aromatic N) is 2. The van der Waals surface area contributed by atoms with Crippen LogP contribution in [0.1, 0.15) is 6.42 Å². The molecule has 0 heterocycles. The first-order valence-electron chi connectivity index (χ1n) is 7.15. The van der Waals surface area contributed by atoms with Crippen molar-refractivity contribution in [3.8, 4) is 0 Å². The van der Waals surface area contributed by atoms with Crippen LogP contribution in [0.3, 0.4) is 0 Å². The second-order valence-corrected chi connectivity index (χ2v) is 15.2. The van der Waals surface area contributed by atoms with Crippen molar-refractivity contribution in [3.63, 3.8) is 0 Å². The lowest BCUT2D eigenvalue weighted by molar-refractivity contribution is 0.246. The summed E-state index contributed by atoms with van der Waals surface area (Å²) in [6, 6.07) is 1.07. The van der Waals surface area contributed by atoms with Crippen LogP contribution in [0.4, 0.5) is 0 Å². The van der Waals surface area contributed by atoms with Crippen molar-refractivity contribution < 1.29 is 8.85 Å². The highest BCUT2D eigenvalue weighted by atomic mass is 28.4. The van der Waals surface area contributed by atoms with Crippen molar-refractivity contribution in [1.29, 1.82) is 0 Å². The molecule has 0 saturated carbocycles. The first-order chi connectivity index (χ1) is 8.64. The molecular weight excluding hydrogens is 272 g/mol. The molecule has 19 heavy (non-hydrogen) atoms. The Hall–Kier alpha value is 0.274. The van der Waals surface area contributed by atoms with Crippen molar-refractivity contribution in [1.82, 2.24) is 9.47 Å². The van der Waals surface area contributed by atoms with Crippen LogP contribution in [0.15, 0.2) is 0 Å². The molecule has 0 aliphatic rings. The summed E-state index contributed by atoms with van der Waals surface area (Å²) in [6.45, 7) is 12.9. The van der Waals surface area contributed by atoms with Crippen LogP contribution in [0, 0.1) is 0 Å². The van der Waals surface area contributed by atoms with Crippen LogP contribution in [-0.4, -0.2) is 74.2 Å². The Labute approximate surface area is 122 Å². The van der Waals surface area contributed by atoms with Crippen LogP contribution < -0.4 is 0 Å². The molecule has 0 fully saturated rings. The fraction of sp³-hybridized carbons (Fsp3) is 1.00. The van der Waals surface area contributed by atoms with Gasteiger partial charge in [-0.2, -0.15) is 0 Å². The van der Waals surface area contributed by atoms with Gasteiger partial charge < -0.3 is 18.3 Å². The van der Waals surface area contributed by atoms with Crippen molar-refractivity contribution in [3.05, 3.63) is 0 Å². The molecule has 6 heteroatoms. The van der Waals surface area contributed by atoms with Crippen molar-refractivity contribution in [2.24, 2.45) is 0 Å². The van der Waals surface area contributed by atoms with Gasteiger partial charge in [-0.3, -0.25) is 0 Å². The Morgan fingerprint density at radius 3 is 1.74 bits per heavy atom. The fourth-order valence-corrected chi connectivity index (χ4v) is 4.96. The molecule has 0 bridgehead atoms. The molecule has 0 aromatic rings. The minimum Gasteiger partial charge on any atom is -0.398 e. The molecule has 0 aromatic heterocycles. The fourth-order valence-electron chi connectivity index (χ4n) is 1.98. The third kappa shape index (κ3) is 8.21. The number of rotatable bonds is 10. The Morgan fingerprint density at radius 2 is 1.37 bits per heavy atom. The third-order valence-corrected chi connectivity index (χ3v) is 9.02. The zero-order valence-corrected chi connectivity index (χ0v) is 16.2. The van der Waals surface area contributed by atoms with E-state index in [1.165, 1.54) is 19.5 Å². The van der Waals surface area contributed by atoms with Gasteiger partial charge in [0.15, 0.2) is 0 Å². The van der Waals surface area contributed by atoms with Gasteiger partial charge >= 0.3 is 8.56 Å². The highest BCUT2D eigenvalue weighted by Crippen LogP contribution is 2.16. The summed E-state index contributed by atoms with van der Waals surface area (Å²) >= 11 is 0. The lowest BCUT2D eigenvalue weighted by Crippen LogP contribution is -2.49. The summed E-state index contributed by atoms with van der Waals surface area (Å²) in [4.78, 5) is 2.26. The van der Waals surface area contributed by atoms with Crippen LogP contribution in [-0.2, 0) is 8.85 Å². The van der Waals surface area contributed by atoms with E-state index in [-0.39, 0.29) is 0 Å². The Morgan fingerprint density at radius 1 is 0.842 bits per heavy atom. The molecule has 0 N–H and O–H groups in total. The zero-order chi connectivity index (χ0) is 15.1. The van der Waals surface area contributed by atoms with E-state index in [0.717, 1.165) is 12.6 Å². The van der Waals surface area contributed by atoms with E-state index < -0.39 is 16.8 Å². The Balaban J connectivity index is 4.27. The SMILES string of the molecule is CO[Si](C)(CCCN(CCN(C)C)[Si](C)(C)C)OC. The molecule has 0 rings (SSSR count). The third-order valence-electron chi connectivity index (χ3n) is 3.69. The number of hydrogen-bond acceptors (Lipinski definition) is 4. The van der Waals surface area contributed by atoms with Crippen LogP contribution >= 0.6 is 0 Å². The summed E-state index contributed by atoms with van der Waals surface area (Å²) in [5.74, 6) is 0. The average Bonchev–Trinajstić information content (AvgIpc) is 2.31. The van der Waals surface area contributed by atoms with Gasteiger partial charge in [0.25, 0.3) is 0 Å². The van der Waals surface area contributed by atoms with Gasteiger partial charge in [0.2, 0.25) is 0 Å². The van der Waals surface area contributed by atoms with E-state index in [4.69, 9.17) is 8.85 Å². The predicted octanol–water partition coefficient (Wildman–Crippen LogP) is 2.44. The minimum atomic E-state index is -1.89. The second kappa shape index (κ2) is 8.54. The molecule has 0 unspecified atom stereocenters. The molecular formula is C13H34N2O2Si2. The van der Waals surface area contributed by atoms with Gasteiger partial charge in [0, 0.05) is 27.3 Å². The monoisotopic (exact) mass is 306 g/mol. The summed E-state index contributed by atoms with van der Waals surface area (Å²) < 4.78 is 13.8. The van der Waals surface area contributed by atoms with Gasteiger partial charge in [0.1, 0.15) is 8.24 Å². The zero-order valence-electron chi connectivity index (χ0n) is 14.2. The Bertz CT molecular complexity index is 241. The van der Waals surface area contributed by atoms with Gasteiger partial charge in [0.05, 0.1) is 0 Å². The van der Waals surface area contributed by atoms with Crippen molar-refractivity contribution in [2.75, 3.05) is 47.9 Å². The summed E-state index contributed by atoms with van der Waals surface area (Å²) in [7, 11) is 4.71. The quantitative estimate of drug-likeness (QED) is 0.579. The largest absolute Gasteiger partial charge is 0.398 e. The van der Waals surface area contributed by atoms with Crippen LogP contribution in [0.2, 0.25) is 32.2 Å². The van der Waals surface area contributed by atoms with E-state index in [0.29, 0.717) is 0 Å². The molecule has 0 atom stereocenters. The molecule has 0 saturated heterocycles. The topological polar surface area (TPSA) is 24.9 Å². The smallest absolute Gasteiger partial charge is 0.334 e. The lowest BCUT2D eigenvalue weighted by Gasteiger charge is -2.35. The maximum Gasteiger partial charge on any atom is 0.334 e. The molecule has 0 aromatic carbocycles. The maximum atomic E-state index is 5.55. The molecule has 0 radical (unpaired) electrons. The van der Waals surface area contributed by atoms with Gasteiger partial charge in [-0.15, -0.1) is 0 Å². The van der Waals surface area contributed by atoms with Gasteiger partial charge in [-0.05, 0) is 39.7 Å². The van der Waals surface area contributed by atoms with E-state index in [1.807, 2.05) is 0 Å². The highest BCUT2D eigenvalue weighted by molar-refractivity contribution is 6.73.